The van der Waals surface area contributed by atoms with Gasteiger partial charge < -0.3 is 23.9 Å². The summed E-state index contributed by atoms with van der Waals surface area (Å²) in [5.41, 5.74) is 7.61. The maximum atomic E-state index is 10.1. The van der Waals surface area contributed by atoms with Gasteiger partial charge in [0.2, 0.25) is 0 Å². The molecular formula is C2H4ClF2N2O2-. The van der Waals surface area contributed by atoms with Crippen molar-refractivity contribution in [3.63, 3.8) is 0 Å². The lowest BCUT2D eigenvalue weighted by atomic mass is 11.4. The number of carbonyl (C=O) groups excluding carboxylic acids is 2. The molecule has 4 nitrogen and oxygen atoms in total. The van der Waals surface area contributed by atoms with Crippen LogP contribution >= 0.6 is 0 Å². The van der Waals surface area contributed by atoms with Crippen molar-refractivity contribution >= 4 is 12.3 Å². The zero-order chi connectivity index (χ0) is 7.15. The highest BCUT2D eigenvalue weighted by molar-refractivity contribution is 5.62. The highest BCUT2D eigenvalue weighted by atomic mass is 35.5. The fourth-order valence-electron chi connectivity index (χ4n) is 0. The summed E-state index contributed by atoms with van der Waals surface area (Å²) in [4.78, 5) is 17.1. The molecule has 0 bridgehead atoms. The van der Waals surface area contributed by atoms with Gasteiger partial charge in [-0.1, -0.05) is 0 Å². The minimum Gasteiger partial charge on any atom is -1.00 e. The van der Waals surface area contributed by atoms with Crippen molar-refractivity contribution < 1.29 is 30.8 Å². The third kappa shape index (κ3) is 222. The highest BCUT2D eigenvalue weighted by Crippen LogP contribution is 1.52. The van der Waals surface area contributed by atoms with Crippen molar-refractivity contribution in [2.75, 3.05) is 0 Å². The van der Waals surface area contributed by atoms with Crippen LogP contribution in [-0.4, -0.2) is 12.3 Å². The van der Waals surface area contributed by atoms with Crippen LogP contribution < -0.4 is 23.9 Å². The number of nitrogens with two attached hydrogens (primary N) is 2. The zero-order valence-electron chi connectivity index (χ0n) is 4.11. The maximum absolute atomic E-state index is 10.1. The monoisotopic (exact) mass is 161 g/mol. The van der Waals surface area contributed by atoms with Gasteiger partial charge in [-0.3, -0.25) is 0 Å². The first-order valence-corrected chi connectivity index (χ1v) is 1.36. The van der Waals surface area contributed by atoms with Crippen LogP contribution in [0.25, 0.3) is 0 Å². The Kier molecular flexibility index (Phi) is 17.7. The van der Waals surface area contributed by atoms with Gasteiger partial charge in [-0.05, 0) is 0 Å². The minimum absolute atomic E-state index is 0. The van der Waals surface area contributed by atoms with Crippen molar-refractivity contribution in [2.45, 2.75) is 0 Å². The normalized spacial score (nSPS) is 5.56. The van der Waals surface area contributed by atoms with Crippen molar-refractivity contribution in [3.8, 4) is 0 Å². The van der Waals surface area contributed by atoms with Gasteiger partial charge in [0.1, 0.15) is 0 Å². The topological polar surface area (TPSA) is 86.2 Å². The van der Waals surface area contributed by atoms with Crippen molar-refractivity contribution in [3.05, 3.63) is 0 Å². The SMILES string of the molecule is NC(=O)F.NC(=O)F.[Cl-]. The molecule has 7 heteroatoms. The van der Waals surface area contributed by atoms with Crippen molar-refractivity contribution in [2.24, 2.45) is 11.5 Å². The molecule has 0 rings (SSSR count). The Bertz CT molecular complexity index is 78.6. The number of primary amides is 2. The predicted octanol–water partition coefficient (Wildman–Crippen LogP) is -2.93. The van der Waals surface area contributed by atoms with Gasteiger partial charge in [-0.2, -0.15) is 0 Å². The van der Waals surface area contributed by atoms with Gasteiger partial charge in [-0.15, -0.1) is 8.78 Å². The van der Waals surface area contributed by atoms with Crippen LogP contribution in [-0.2, 0) is 0 Å². The molecule has 0 unspecified atom stereocenters. The lowest BCUT2D eigenvalue weighted by Gasteiger charge is -1.54. The van der Waals surface area contributed by atoms with Crippen molar-refractivity contribution in [1.29, 1.82) is 0 Å². The Balaban J connectivity index is -0.0000000720. The van der Waals surface area contributed by atoms with Gasteiger partial charge in [0.15, 0.2) is 0 Å². The first-order chi connectivity index (χ1) is 3.46. The second-order valence-electron chi connectivity index (χ2n) is 0.608. The quantitative estimate of drug-likeness (QED) is 0.294. The van der Waals surface area contributed by atoms with Crippen LogP contribution in [0.4, 0.5) is 18.4 Å². The number of carbonyl (C=O) groups is 2. The van der Waals surface area contributed by atoms with Gasteiger partial charge in [0.25, 0.3) is 0 Å². The highest BCUT2D eigenvalue weighted by Gasteiger charge is 1.70. The summed E-state index contributed by atoms with van der Waals surface area (Å²) in [6.07, 6.45) is -3.67. The summed E-state index contributed by atoms with van der Waals surface area (Å²) < 4.78 is 20.3. The fourth-order valence-corrected chi connectivity index (χ4v) is 0. The smallest absolute Gasteiger partial charge is 0.394 e. The molecule has 0 aromatic rings. The summed E-state index contributed by atoms with van der Waals surface area (Å²) in [7, 11) is 0. The van der Waals surface area contributed by atoms with E-state index in [1.807, 2.05) is 0 Å². The van der Waals surface area contributed by atoms with Crippen LogP contribution in [0.5, 0.6) is 0 Å². The average Bonchev–Trinajstić information content (AvgIpc) is 1.25. The summed E-state index contributed by atoms with van der Waals surface area (Å²) in [5, 5.41) is 0. The van der Waals surface area contributed by atoms with Crippen LogP contribution in [0.3, 0.4) is 0 Å². The molecule has 0 aromatic heterocycles. The van der Waals surface area contributed by atoms with E-state index in [0.717, 1.165) is 0 Å². The first-order valence-electron chi connectivity index (χ1n) is 1.36. The van der Waals surface area contributed by atoms with Gasteiger partial charge >= 0.3 is 12.3 Å². The molecular weight excluding hydrogens is 157 g/mol. The molecule has 9 heavy (non-hydrogen) atoms. The van der Waals surface area contributed by atoms with Crippen LogP contribution in [0.1, 0.15) is 0 Å². The molecule has 0 saturated heterocycles. The van der Waals surface area contributed by atoms with Gasteiger partial charge in [-0.25, -0.2) is 9.59 Å². The molecule has 0 saturated carbocycles. The van der Waals surface area contributed by atoms with E-state index >= 15 is 0 Å². The Morgan fingerprint density at radius 3 is 1.00 bits per heavy atom. The summed E-state index contributed by atoms with van der Waals surface area (Å²) in [6, 6.07) is 0. The third-order valence-electron chi connectivity index (χ3n) is 0. The Labute approximate surface area is 55.6 Å². The van der Waals surface area contributed by atoms with E-state index in [-0.39, 0.29) is 12.4 Å². The largest absolute Gasteiger partial charge is 1.00 e. The lowest BCUT2D eigenvalue weighted by Crippen LogP contribution is -3.00. The van der Waals surface area contributed by atoms with Crippen LogP contribution in [0, 0.1) is 0 Å². The standard InChI is InChI=1S/2CH2FNO.ClH/c2*2-1(3)4;/h2*(H2,3,4);1H/p-1. The van der Waals surface area contributed by atoms with E-state index in [1.165, 1.54) is 0 Å². The molecule has 2 amide bonds. The van der Waals surface area contributed by atoms with E-state index in [2.05, 4.69) is 11.5 Å². The van der Waals surface area contributed by atoms with Gasteiger partial charge in [0.05, 0.1) is 0 Å². The average molecular weight is 162 g/mol. The van der Waals surface area contributed by atoms with E-state index < -0.39 is 12.3 Å². The summed E-state index contributed by atoms with van der Waals surface area (Å²) in [6.45, 7) is 0. The number of halogens is 3. The molecule has 0 radical (unpaired) electrons. The number of amides is 2. The molecule has 56 valence electrons. The molecule has 0 atom stereocenters. The fraction of sp³-hybridized carbons (Fsp3) is 0. The van der Waals surface area contributed by atoms with E-state index in [0.29, 0.717) is 0 Å². The number of rotatable bonds is 0. The zero-order valence-corrected chi connectivity index (χ0v) is 4.86. The molecule has 0 aliphatic heterocycles. The molecule has 4 N–H and O–H groups in total. The van der Waals surface area contributed by atoms with E-state index in [1.54, 1.807) is 0 Å². The molecule has 0 spiro atoms. The number of hydrogen-bond donors (Lipinski definition) is 2. The molecule has 0 fully saturated rings. The Morgan fingerprint density at radius 2 is 1.00 bits per heavy atom. The van der Waals surface area contributed by atoms with E-state index in [4.69, 9.17) is 9.59 Å². The van der Waals surface area contributed by atoms with Gasteiger partial charge in [0, 0.05) is 0 Å². The lowest BCUT2D eigenvalue weighted by molar-refractivity contribution is -0.0000116. The molecule has 0 heterocycles. The molecule has 0 aliphatic carbocycles. The Hall–Kier alpha value is -0.910. The maximum Gasteiger partial charge on any atom is 0.394 e. The summed E-state index contributed by atoms with van der Waals surface area (Å²) >= 11 is 0. The number of hydrogen-bond acceptors (Lipinski definition) is 2. The molecule has 0 aliphatic rings. The van der Waals surface area contributed by atoms with E-state index in [9.17, 15) is 8.78 Å². The van der Waals surface area contributed by atoms with Crippen LogP contribution in [0.15, 0.2) is 0 Å². The summed E-state index contributed by atoms with van der Waals surface area (Å²) in [5.74, 6) is 0. The predicted molar refractivity (Wildman–Crippen MR) is 21.4 cm³/mol. The second-order valence-corrected chi connectivity index (χ2v) is 0.608. The Morgan fingerprint density at radius 1 is 1.00 bits per heavy atom. The second kappa shape index (κ2) is 10.1. The van der Waals surface area contributed by atoms with Crippen LogP contribution in [0.2, 0.25) is 0 Å². The third-order valence-corrected chi connectivity index (χ3v) is 0. The minimum atomic E-state index is -1.83. The molecule has 0 aromatic carbocycles. The first kappa shape index (κ1) is 15.7. The van der Waals surface area contributed by atoms with Crippen molar-refractivity contribution in [1.82, 2.24) is 0 Å².